The average Bonchev–Trinajstić information content (AvgIpc) is 3.32. The SMILES string of the molecule is CC1C=CC=C2CN(C(=O)[C@H](O)[C@@H](O)C(=O)NCC3CCN(c4c(F)cccc4C#N)CC3)CC21. The lowest BCUT2D eigenvalue weighted by atomic mass is 9.86. The van der Waals surface area contributed by atoms with Gasteiger partial charge >= 0.3 is 0 Å². The van der Waals surface area contributed by atoms with Gasteiger partial charge in [-0.25, -0.2) is 4.39 Å². The van der Waals surface area contributed by atoms with Crippen molar-refractivity contribution in [2.75, 3.05) is 37.6 Å². The highest BCUT2D eigenvalue weighted by Gasteiger charge is 2.39. The molecule has 4 rings (SSSR count). The van der Waals surface area contributed by atoms with E-state index in [0.717, 1.165) is 5.57 Å². The summed E-state index contributed by atoms with van der Waals surface area (Å²) in [6, 6.07) is 6.46. The van der Waals surface area contributed by atoms with E-state index in [1.165, 1.54) is 17.0 Å². The van der Waals surface area contributed by atoms with Crippen molar-refractivity contribution >= 4 is 17.5 Å². The number of carbonyl (C=O) groups is 2. The molecule has 35 heavy (non-hydrogen) atoms. The van der Waals surface area contributed by atoms with E-state index in [1.54, 1.807) is 6.07 Å². The Labute approximate surface area is 204 Å². The molecule has 9 heteroatoms. The molecule has 2 aliphatic heterocycles. The highest BCUT2D eigenvalue weighted by Crippen LogP contribution is 2.33. The summed E-state index contributed by atoms with van der Waals surface area (Å²) in [5.74, 6) is -1.30. The molecule has 1 aromatic carbocycles. The van der Waals surface area contributed by atoms with Gasteiger partial charge in [-0.15, -0.1) is 0 Å². The molecule has 0 saturated carbocycles. The highest BCUT2D eigenvalue weighted by atomic mass is 19.1. The molecule has 1 aromatic rings. The van der Waals surface area contributed by atoms with Crippen LogP contribution in [0.5, 0.6) is 0 Å². The Bertz CT molecular complexity index is 1070. The predicted octanol–water partition coefficient (Wildman–Crippen LogP) is 1.34. The van der Waals surface area contributed by atoms with Crippen LogP contribution in [0.15, 0.2) is 42.0 Å². The van der Waals surface area contributed by atoms with Crippen LogP contribution in [0, 0.1) is 34.9 Å². The van der Waals surface area contributed by atoms with Crippen LogP contribution in [0.2, 0.25) is 0 Å². The molecular formula is C26H31FN4O4. The summed E-state index contributed by atoms with van der Waals surface area (Å²) in [6.07, 6.45) is 3.65. The quantitative estimate of drug-likeness (QED) is 0.564. The predicted molar refractivity (Wildman–Crippen MR) is 128 cm³/mol. The van der Waals surface area contributed by atoms with Crippen LogP contribution >= 0.6 is 0 Å². The number of carbonyl (C=O) groups excluding carboxylic acids is 2. The number of nitrogens with zero attached hydrogens (tertiary/aromatic N) is 3. The van der Waals surface area contributed by atoms with E-state index < -0.39 is 29.8 Å². The molecule has 186 valence electrons. The number of nitrogens with one attached hydrogen (secondary N) is 1. The smallest absolute Gasteiger partial charge is 0.255 e. The molecule has 2 saturated heterocycles. The summed E-state index contributed by atoms with van der Waals surface area (Å²) >= 11 is 0. The number of halogens is 1. The molecule has 2 unspecified atom stereocenters. The maximum absolute atomic E-state index is 14.3. The van der Waals surface area contributed by atoms with Gasteiger partial charge in [-0.05, 0) is 42.4 Å². The van der Waals surface area contributed by atoms with Crippen LogP contribution in [0.3, 0.4) is 0 Å². The van der Waals surface area contributed by atoms with Crippen LogP contribution < -0.4 is 10.2 Å². The zero-order chi connectivity index (χ0) is 25.1. The number of allylic oxidation sites excluding steroid dienone is 3. The fraction of sp³-hybridized carbons (Fsp3) is 0.500. The first-order chi connectivity index (χ1) is 16.8. The van der Waals surface area contributed by atoms with Gasteiger partial charge in [0.05, 0.1) is 11.3 Å². The van der Waals surface area contributed by atoms with Crippen molar-refractivity contribution < 1.29 is 24.2 Å². The number of rotatable bonds is 6. The lowest BCUT2D eigenvalue weighted by Gasteiger charge is -2.34. The minimum Gasteiger partial charge on any atom is -0.380 e. The highest BCUT2D eigenvalue weighted by molar-refractivity contribution is 5.91. The number of para-hydroxylation sites is 1. The number of likely N-dealkylation sites (tertiary alicyclic amines) is 1. The molecular weight excluding hydrogens is 451 g/mol. The Hall–Kier alpha value is -3.22. The largest absolute Gasteiger partial charge is 0.380 e. The number of hydrogen-bond donors (Lipinski definition) is 3. The Morgan fingerprint density at radius 3 is 2.69 bits per heavy atom. The number of piperidine rings is 1. The van der Waals surface area contributed by atoms with E-state index in [1.807, 2.05) is 23.1 Å². The maximum Gasteiger partial charge on any atom is 0.255 e. The first-order valence-corrected chi connectivity index (χ1v) is 12.0. The molecule has 2 amide bonds. The lowest BCUT2D eigenvalue weighted by molar-refractivity contribution is -0.152. The molecule has 2 heterocycles. The molecule has 0 radical (unpaired) electrons. The van der Waals surface area contributed by atoms with E-state index in [9.17, 15) is 29.5 Å². The molecule has 4 atom stereocenters. The van der Waals surface area contributed by atoms with Gasteiger partial charge in [0.2, 0.25) is 0 Å². The van der Waals surface area contributed by atoms with Crippen molar-refractivity contribution in [1.82, 2.24) is 10.2 Å². The number of benzene rings is 1. The second kappa shape index (κ2) is 10.6. The van der Waals surface area contributed by atoms with E-state index in [4.69, 9.17) is 0 Å². The first-order valence-electron chi connectivity index (χ1n) is 12.0. The van der Waals surface area contributed by atoms with Gasteiger partial charge in [-0.2, -0.15) is 5.26 Å². The fourth-order valence-electron chi connectivity index (χ4n) is 5.20. The first kappa shape index (κ1) is 24.9. The Morgan fingerprint density at radius 1 is 1.26 bits per heavy atom. The number of aliphatic hydroxyl groups is 2. The third kappa shape index (κ3) is 5.24. The van der Waals surface area contributed by atoms with Gasteiger partial charge in [0, 0.05) is 38.6 Å². The average molecular weight is 483 g/mol. The van der Waals surface area contributed by atoms with Crippen LogP contribution in [-0.2, 0) is 9.59 Å². The molecule has 1 aliphatic carbocycles. The Kier molecular flexibility index (Phi) is 7.53. The molecule has 0 bridgehead atoms. The zero-order valence-corrected chi connectivity index (χ0v) is 19.7. The number of anilines is 1. The number of hydrogen-bond acceptors (Lipinski definition) is 6. The minimum absolute atomic E-state index is 0.0928. The van der Waals surface area contributed by atoms with Gasteiger partial charge in [0.15, 0.2) is 12.2 Å². The van der Waals surface area contributed by atoms with Crippen LogP contribution in [0.25, 0.3) is 0 Å². The van der Waals surface area contributed by atoms with Crippen LogP contribution in [0.1, 0.15) is 25.3 Å². The topological polar surface area (TPSA) is 117 Å². The van der Waals surface area contributed by atoms with Crippen molar-refractivity contribution in [3.63, 3.8) is 0 Å². The van der Waals surface area contributed by atoms with E-state index in [-0.39, 0.29) is 29.9 Å². The zero-order valence-electron chi connectivity index (χ0n) is 19.7. The molecule has 3 N–H and O–H groups in total. The van der Waals surface area contributed by atoms with E-state index >= 15 is 0 Å². The minimum atomic E-state index is -1.86. The monoisotopic (exact) mass is 482 g/mol. The number of amides is 2. The van der Waals surface area contributed by atoms with Gasteiger partial charge in [-0.1, -0.05) is 31.2 Å². The molecule has 0 aromatic heterocycles. The molecule has 2 fully saturated rings. The second-order valence-electron chi connectivity index (χ2n) is 9.62. The van der Waals surface area contributed by atoms with Gasteiger partial charge in [0.25, 0.3) is 11.8 Å². The summed E-state index contributed by atoms with van der Waals surface area (Å²) in [4.78, 5) is 28.5. The third-order valence-corrected chi connectivity index (χ3v) is 7.36. The maximum atomic E-state index is 14.3. The van der Waals surface area contributed by atoms with Crippen molar-refractivity contribution in [2.45, 2.75) is 32.0 Å². The van der Waals surface area contributed by atoms with Crippen molar-refractivity contribution in [3.05, 3.63) is 53.4 Å². The van der Waals surface area contributed by atoms with Gasteiger partial charge in [-0.3, -0.25) is 9.59 Å². The number of aliphatic hydroxyl groups excluding tert-OH is 2. The summed E-state index contributed by atoms with van der Waals surface area (Å²) in [7, 11) is 0. The van der Waals surface area contributed by atoms with Crippen molar-refractivity contribution in [1.29, 1.82) is 5.26 Å². The van der Waals surface area contributed by atoms with Crippen LogP contribution in [0.4, 0.5) is 10.1 Å². The summed E-state index contributed by atoms with van der Waals surface area (Å²) in [5.41, 5.74) is 1.71. The van der Waals surface area contributed by atoms with E-state index in [0.29, 0.717) is 44.7 Å². The van der Waals surface area contributed by atoms with Crippen molar-refractivity contribution in [3.8, 4) is 6.07 Å². The standard InChI is InChI=1S/C26H31FN4O4/c1-16-4-2-6-19-14-31(15-20(16)19)26(35)24(33)23(32)25(34)29-13-17-8-10-30(11-9-17)22-18(12-28)5-3-7-21(22)27/h2-7,16-17,20,23-24,32-33H,8-11,13-15H2,1H3,(H,29,34)/t16?,20?,23-,24-/m1/s1. The molecule has 0 spiro atoms. The number of nitriles is 1. The normalized spacial score (nSPS) is 23.8. The van der Waals surface area contributed by atoms with Gasteiger partial charge < -0.3 is 25.3 Å². The molecule has 3 aliphatic rings. The fourth-order valence-corrected chi connectivity index (χ4v) is 5.20. The second-order valence-corrected chi connectivity index (χ2v) is 9.62. The Morgan fingerprint density at radius 2 is 2.00 bits per heavy atom. The lowest BCUT2D eigenvalue weighted by Crippen LogP contribution is -2.51. The third-order valence-electron chi connectivity index (χ3n) is 7.36. The van der Waals surface area contributed by atoms with E-state index in [2.05, 4.69) is 18.3 Å². The summed E-state index contributed by atoms with van der Waals surface area (Å²) < 4.78 is 14.3. The number of fused-ring (bicyclic) bond motifs is 1. The van der Waals surface area contributed by atoms with Gasteiger partial charge in [0.1, 0.15) is 11.9 Å². The van der Waals surface area contributed by atoms with Crippen LogP contribution in [-0.4, -0.2) is 71.9 Å². The summed E-state index contributed by atoms with van der Waals surface area (Å²) in [6.45, 7) is 4.24. The summed E-state index contributed by atoms with van der Waals surface area (Å²) in [5, 5.41) is 32.6. The molecule has 8 nitrogen and oxygen atoms in total. The Balaban J connectivity index is 1.25. The van der Waals surface area contributed by atoms with Crippen molar-refractivity contribution in [2.24, 2.45) is 17.8 Å².